The molecule has 1 heterocycles. The second kappa shape index (κ2) is 9.05. The molecule has 7 heteroatoms. The topological polar surface area (TPSA) is 84.6 Å². The van der Waals surface area contributed by atoms with Crippen molar-refractivity contribution < 1.29 is 9.26 Å². The Balaban J connectivity index is 2.07. The van der Waals surface area contributed by atoms with E-state index in [4.69, 9.17) is 9.26 Å². The zero-order chi connectivity index (χ0) is 18.2. The Morgan fingerprint density at radius 1 is 1.28 bits per heavy atom. The first-order chi connectivity index (χ1) is 12.0. The summed E-state index contributed by atoms with van der Waals surface area (Å²) in [5.41, 5.74) is 2.22. The average Bonchev–Trinajstić information content (AvgIpc) is 2.96. The summed E-state index contributed by atoms with van der Waals surface area (Å²) in [6.07, 6.45) is 0.123. The maximum Gasteiger partial charge on any atom is 0.223 e. The number of hydrogen-bond acceptors (Lipinski definition) is 5. The van der Waals surface area contributed by atoms with Gasteiger partial charge in [-0.2, -0.15) is 4.98 Å². The molecule has 0 atom stereocenters. The van der Waals surface area contributed by atoms with Crippen LogP contribution in [0.5, 0.6) is 5.75 Å². The quantitative estimate of drug-likeness (QED) is 0.593. The normalized spacial score (nSPS) is 11.7. The number of ether oxygens (including phenoxy) is 1. The largest absolute Gasteiger partial charge is 0.491 e. The van der Waals surface area contributed by atoms with Gasteiger partial charge in [-0.05, 0) is 39.3 Å². The molecule has 0 radical (unpaired) electrons. The highest BCUT2D eigenvalue weighted by molar-refractivity contribution is 5.79. The number of aryl methyl sites for hydroxylation is 2. The summed E-state index contributed by atoms with van der Waals surface area (Å²) in [5, 5.41) is 10.3. The van der Waals surface area contributed by atoms with Crippen molar-refractivity contribution >= 4 is 5.96 Å². The van der Waals surface area contributed by atoms with Crippen molar-refractivity contribution in [3.63, 3.8) is 0 Å². The smallest absolute Gasteiger partial charge is 0.223 e. The SMILES string of the molecule is CCNC(=NCc1ccc(C)cc1OC(C)C)NCc1noc(C)n1. The van der Waals surface area contributed by atoms with Gasteiger partial charge in [0.05, 0.1) is 19.2 Å². The summed E-state index contributed by atoms with van der Waals surface area (Å²) in [4.78, 5) is 8.81. The molecule has 25 heavy (non-hydrogen) atoms. The predicted molar refractivity (Wildman–Crippen MR) is 97.6 cm³/mol. The first kappa shape index (κ1) is 18.8. The lowest BCUT2D eigenvalue weighted by molar-refractivity contribution is 0.240. The van der Waals surface area contributed by atoms with Crippen LogP contribution < -0.4 is 15.4 Å². The lowest BCUT2D eigenvalue weighted by atomic mass is 10.1. The van der Waals surface area contributed by atoms with Gasteiger partial charge in [0.25, 0.3) is 0 Å². The van der Waals surface area contributed by atoms with Gasteiger partial charge in [-0.15, -0.1) is 0 Å². The number of hydrogen-bond donors (Lipinski definition) is 2. The van der Waals surface area contributed by atoms with Crippen molar-refractivity contribution in [1.82, 2.24) is 20.8 Å². The first-order valence-electron chi connectivity index (χ1n) is 8.55. The van der Waals surface area contributed by atoms with E-state index in [9.17, 15) is 0 Å². The molecule has 1 aromatic carbocycles. The van der Waals surface area contributed by atoms with E-state index in [0.29, 0.717) is 30.8 Å². The third-order valence-electron chi connectivity index (χ3n) is 3.32. The Kier molecular flexibility index (Phi) is 6.80. The van der Waals surface area contributed by atoms with Crippen LogP contribution in [0.3, 0.4) is 0 Å². The zero-order valence-electron chi connectivity index (χ0n) is 15.6. The van der Waals surface area contributed by atoms with E-state index in [1.807, 2.05) is 26.8 Å². The van der Waals surface area contributed by atoms with Gasteiger partial charge in [-0.25, -0.2) is 4.99 Å². The molecule has 0 aliphatic carbocycles. The van der Waals surface area contributed by atoms with Crippen molar-refractivity contribution in [1.29, 1.82) is 0 Å². The standard InChI is InChI=1S/C18H27N5O2/c1-6-19-18(21-11-17-22-14(5)25-23-17)20-10-15-8-7-13(4)9-16(15)24-12(2)3/h7-9,12H,6,10-11H2,1-5H3,(H2,19,20,21). The molecule has 0 fully saturated rings. The van der Waals surface area contributed by atoms with Crippen LogP contribution in [0.25, 0.3) is 0 Å². The van der Waals surface area contributed by atoms with Crippen LogP contribution in [0.15, 0.2) is 27.7 Å². The molecule has 0 aliphatic heterocycles. The molecular formula is C18H27N5O2. The molecule has 136 valence electrons. The Bertz CT molecular complexity index is 709. The highest BCUT2D eigenvalue weighted by Crippen LogP contribution is 2.22. The Hall–Kier alpha value is -2.57. The van der Waals surface area contributed by atoms with Crippen LogP contribution in [-0.4, -0.2) is 28.7 Å². The molecule has 0 bridgehead atoms. The molecule has 0 spiro atoms. The highest BCUT2D eigenvalue weighted by atomic mass is 16.5. The molecule has 2 aromatic rings. The fraction of sp³-hybridized carbons (Fsp3) is 0.500. The molecule has 2 rings (SSSR count). The van der Waals surface area contributed by atoms with E-state index in [1.54, 1.807) is 6.92 Å². The summed E-state index contributed by atoms with van der Waals surface area (Å²) in [7, 11) is 0. The second-order valence-electron chi connectivity index (χ2n) is 6.06. The monoisotopic (exact) mass is 345 g/mol. The molecular weight excluding hydrogens is 318 g/mol. The lowest BCUT2D eigenvalue weighted by Crippen LogP contribution is -2.37. The van der Waals surface area contributed by atoms with E-state index < -0.39 is 0 Å². The summed E-state index contributed by atoms with van der Waals surface area (Å²) in [6, 6.07) is 6.18. The Morgan fingerprint density at radius 3 is 2.72 bits per heavy atom. The lowest BCUT2D eigenvalue weighted by Gasteiger charge is -2.15. The second-order valence-corrected chi connectivity index (χ2v) is 6.06. The van der Waals surface area contributed by atoms with E-state index in [1.165, 1.54) is 5.56 Å². The number of rotatable bonds is 7. The summed E-state index contributed by atoms with van der Waals surface area (Å²) in [6.45, 7) is 11.6. The van der Waals surface area contributed by atoms with E-state index in [-0.39, 0.29) is 6.10 Å². The summed E-state index contributed by atoms with van der Waals surface area (Å²) < 4.78 is 10.9. The van der Waals surface area contributed by atoms with Gasteiger partial charge in [0.1, 0.15) is 5.75 Å². The van der Waals surface area contributed by atoms with E-state index >= 15 is 0 Å². The number of guanidine groups is 1. The zero-order valence-corrected chi connectivity index (χ0v) is 15.6. The number of aromatic nitrogens is 2. The predicted octanol–water partition coefficient (Wildman–Crippen LogP) is 2.73. The summed E-state index contributed by atoms with van der Waals surface area (Å²) >= 11 is 0. The van der Waals surface area contributed by atoms with Crippen molar-refractivity contribution in [2.45, 2.75) is 53.8 Å². The Morgan fingerprint density at radius 2 is 2.08 bits per heavy atom. The molecule has 0 aliphatic rings. The Labute approximate surface area is 148 Å². The first-order valence-corrected chi connectivity index (χ1v) is 8.55. The minimum absolute atomic E-state index is 0.123. The number of aliphatic imine (C=N–C) groups is 1. The van der Waals surface area contributed by atoms with Gasteiger partial charge in [0, 0.05) is 19.0 Å². The minimum atomic E-state index is 0.123. The third kappa shape index (κ3) is 6.10. The minimum Gasteiger partial charge on any atom is -0.491 e. The van der Waals surface area contributed by atoms with Gasteiger partial charge in [0.2, 0.25) is 5.89 Å². The molecule has 0 saturated heterocycles. The van der Waals surface area contributed by atoms with Gasteiger partial charge in [0.15, 0.2) is 11.8 Å². The van der Waals surface area contributed by atoms with E-state index in [0.717, 1.165) is 17.9 Å². The van der Waals surface area contributed by atoms with Gasteiger partial charge in [-0.3, -0.25) is 0 Å². The molecule has 7 nitrogen and oxygen atoms in total. The van der Waals surface area contributed by atoms with Gasteiger partial charge >= 0.3 is 0 Å². The molecule has 0 unspecified atom stereocenters. The molecule has 0 saturated carbocycles. The van der Waals surface area contributed by atoms with Crippen LogP contribution in [0.4, 0.5) is 0 Å². The van der Waals surface area contributed by atoms with E-state index in [2.05, 4.69) is 44.8 Å². The van der Waals surface area contributed by atoms with Crippen LogP contribution in [0.1, 0.15) is 43.6 Å². The van der Waals surface area contributed by atoms with Crippen molar-refractivity contribution in [2.24, 2.45) is 4.99 Å². The molecule has 2 N–H and O–H groups in total. The number of nitrogens with one attached hydrogen (secondary N) is 2. The third-order valence-corrected chi connectivity index (χ3v) is 3.32. The maximum absolute atomic E-state index is 5.91. The average molecular weight is 345 g/mol. The van der Waals surface area contributed by atoms with Gasteiger partial charge < -0.3 is 19.9 Å². The van der Waals surface area contributed by atoms with Crippen LogP contribution in [-0.2, 0) is 13.1 Å². The van der Waals surface area contributed by atoms with Crippen LogP contribution >= 0.6 is 0 Å². The molecule has 0 amide bonds. The highest BCUT2D eigenvalue weighted by Gasteiger charge is 2.08. The number of benzene rings is 1. The van der Waals surface area contributed by atoms with Crippen molar-refractivity contribution in [3.05, 3.63) is 41.0 Å². The van der Waals surface area contributed by atoms with Crippen LogP contribution in [0.2, 0.25) is 0 Å². The maximum atomic E-state index is 5.91. The number of nitrogens with zero attached hydrogens (tertiary/aromatic N) is 3. The fourth-order valence-electron chi connectivity index (χ4n) is 2.24. The van der Waals surface area contributed by atoms with Crippen LogP contribution in [0, 0.1) is 13.8 Å². The molecule has 1 aromatic heterocycles. The summed E-state index contributed by atoms with van der Waals surface area (Å²) in [5.74, 6) is 2.72. The van der Waals surface area contributed by atoms with Gasteiger partial charge in [-0.1, -0.05) is 17.3 Å². The van der Waals surface area contributed by atoms with Crippen molar-refractivity contribution in [3.8, 4) is 5.75 Å². The van der Waals surface area contributed by atoms with Crippen molar-refractivity contribution in [2.75, 3.05) is 6.54 Å². The fourth-order valence-corrected chi connectivity index (χ4v) is 2.24.